The number of thiophene rings is 1. The molecule has 1 aliphatic rings. The Labute approximate surface area is 155 Å². The largest absolute Gasteiger partial charge is 0.361 e. The Balaban J connectivity index is 1.52. The fourth-order valence-corrected chi connectivity index (χ4v) is 4.07. The first-order valence-corrected chi connectivity index (χ1v) is 9.47. The van der Waals surface area contributed by atoms with Crippen LogP contribution in [0.15, 0.2) is 41.9 Å². The lowest BCUT2D eigenvalue weighted by molar-refractivity contribution is -0.127. The average Bonchev–Trinajstić information content (AvgIpc) is 3.34. The van der Waals surface area contributed by atoms with Gasteiger partial charge in [0.15, 0.2) is 0 Å². The van der Waals surface area contributed by atoms with Gasteiger partial charge < -0.3 is 16.0 Å². The molecule has 1 aromatic carbocycles. The summed E-state index contributed by atoms with van der Waals surface area (Å²) in [6.45, 7) is 0.919. The minimum absolute atomic E-state index is 0.167. The van der Waals surface area contributed by atoms with Crippen molar-refractivity contribution < 1.29 is 9.59 Å². The van der Waals surface area contributed by atoms with Crippen molar-refractivity contribution in [2.45, 2.75) is 25.4 Å². The molecular formula is C19H20N4O2S. The molecule has 0 radical (unpaired) electrons. The molecule has 4 rings (SSSR count). The van der Waals surface area contributed by atoms with Gasteiger partial charge in [0.2, 0.25) is 0 Å². The molecule has 26 heavy (non-hydrogen) atoms. The van der Waals surface area contributed by atoms with Crippen LogP contribution in [0.2, 0.25) is 0 Å². The molecule has 1 aliphatic heterocycles. The van der Waals surface area contributed by atoms with Gasteiger partial charge in [-0.2, -0.15) is 0 Å². The molecule has 3 aromatic rings. The van der Waals surface area contributed by atoms with Crippen LogP contribution >= 0.6 is 11.3 Å². The first kappa shape index (κ1) is 16.8. The topological polar surface area (TPSA) is 91.2 Å². The molecule has 3 amide bonds. The number of carbonyl (C=O) groups is 2. The van der Waals surface area contributed by atoms with E-state index in [4.69, 9.17) is 5.73 Å². The van der Waals surface area contributed by atoms with Gasteiger partial charge in [-0.25, -0.2) is 4.79 Å². The minimum atomic E-state index is -0.517. The van der Waals surface area contributed by atoms with Crippen molar-refractivity contribution in [3.63, 3.8) is 0 Å². The summed E-state index contributed by atoms with van der Waals surface area (Å²) in [5, 5.41) is 5.88. The van der Waals surface area contributed by atoms with Crippen molar-refractivity contribution >= 4 is 34.2 Å². The summed E-state index contributed by atoms with van der Waals surface area (Å²) in [7, 11) is 0. The SMILES string of the molecule is NCCc1c[nH]c2ccc(CC3NC(=O)N(Cc4cccs4)C3=O)cc12. The van der Waals surface area contributed by atoms with E-state index in [2.05, 4.69) is 16.4 Å². The predicted molar refractivity (Wildman–Crippen MR) is 102 cm³/mol. The Bertz CT molecular complexity index is 948. The average molecular weight is 368 g/mol. The maximum absolute atomic E-state index is 12.7. The summed E-state index contributed by atoms with van der Waals surface area (Å²) in [5.41, 5.74) is 8.92. The number of hydrogen-bond acceptors (Lipinski definition) is 4. The lowest BCUT2D eigenvalue weighted by Gasteiger charge is -2.12. The molecule has 6 nitrogen and oxygen atoms in total. The standard InChI is InChI=1S/C19H20N4O2S/c20-6-5-13-10-21-16-4-3-12(8-15(13)16)9-17-18(24)23(19(25)22-17)11-14-2-1-7-26-14/h1-4,7-8,10,17,21H,5-6,9,11,20H2,(H,22,25). The second-order valence-corrected chi connectivity index (χ2v) is 7.47. The van der Waals surface area contributed by atoms with Crippen molar-refractivity contribution in [1.29, 1.82) is 0 Å². The molecule has 4 N–H and O–H groups in total. The zero-order valence-corrected chi connectivity index (χ0v) is 15.0. The number of urea groups is 1. The van der Waals surface area contributed by atoms with Crippen LogP contribution in [0.5, 0.6) is 0 Å². The smallest absolute Gasteiger partial charge is 0.325 e. The highest BCUT2D eigenvalue weighted by molar-refractivity contribution is 7.09. The zero-order chi connectivity index (χ0) is 18.1. The predicted octanol–water partition coefficient (Wildman–Crippen LogP) is 2.39. The van der Waals surface area contributed by atoms with Crippen LogP contribution in [0.25, 0.3) is 10.9 Å². The number of fused-ring (bicyclic) bond motifs is 1. The van der Waals surface area contributed by atoms with Crippen LogP contribution in [0, 0.1) is 0 Å². The Kier molecular flexibility index (Phi) is 4.48. The normalized spacial score (nSPS) is 17.3. The second kappa shape index (κ2) is 6.93. The van der Waals surface area contributed by atoms with Gasteiger partial charge in [0.25, 0.3) is 5.91 Å². The molecule has 0 spiro atoms. The third-order valence-electron chi connectivity index (χ3n) is 4.69. The maximum atomic E-state index is 12.7. The molecule has 0 bridgehead atoms. The minimum Gasteiger partial charge on any atom is -0.361 e. The van der Waals surface area contributed by atoms with E-state index in [1.165, 1.54) is 10.5 Å². The van der Waals surface area contributed by atoms with Crippen molar-refractivity contribution in [1.82, 2.24) is 15.2 Å². The number of nitrogens with zero attached hydrogens (tertiary/aromatic N) is 1. The summed E-state index contributed by atoms with van der Waals surface area (Å²) in [5.74, 6) is -0.167. The van der Waals surface area contributed by atoms with Crippen molar-refractivity contribution in [2.75, 3.05) is 6.54 Å². The third-order valence-corrected chi connectivity index (χ3v) is 5.55. The number of carbonyl (C=O) groups excluding carboxylic acids is 2. The number of hydrogen-bond donors (Lipinski definition) is 3. The number of aromatic amines is 1. The van der Waals surface area contributed by atoms with E-state index in [0.717, 1.165) is 27.8 Å². The van der Waals surface area contributed by atoms with Gasteiger partial charge in [-0.05, 0) is 47.7 Å². The lowest BCUT2D eigenvalue weighted by Crippen LogP contribution is -2.32. The number of H-pyrrole nitrogens is 1. The molecule has 2 aromatic heterocycles. The zero-order valence-electron chi connectivity index (χ0n) is 14.2. The summed E-state index contributed by atoms with van der Waals surface area (Å²) in [6, 6.07) is 9.09. The quantitative estimate of drug-likeness (QED) is 0.584. The van der Waals surface area contributed by atoms with Gasteiger partial charge in [0, 0.05) is 28.4 Å². The number of amides is 3. The van der Waals surface area contributed by atoms with E-state index in [1.54, 1.807) is 11.3 Å². The Morgan fingerprint density at radius 3 is 2.88 bits per heavy atom. The fraction of sp³-hybridized carbons (Fsp3) is 0.263. The Hall–Kier alpha value is -2.64. The molecule has 1 saturated heterocycles. The van der Waals surface area contributed by atoms with Crippen LogP contribution < -0.4 is 11.1 Å². The molecule has 134 valence electrons. The molecule has 1 fully saturated rings. The summed E-state index contributed by atoms with van der Waals surface area (Å²) < 4.78 is 0. The monoisotopic (exact) mass is 368 g/mol. The molecule has 1 unspecified atom stereocenters. The molecular weight excluding hydrogens is 348 g/mol. The van der Waals surface area contributed by atoms with Crippen LogP contribution in [-0.4, -0.2) is 34.4 Å². The highest BCUT2D eigenvalue weighted by atomic mass is 32.1. The van der Waals surface area contributed by atoms with Gasteiger partial charge >= 0.3 is 6.03 Å². The molecule has 7 heteroatoms. The summed E-state index contributed by atoms with van der Waals surface area (Å²) >= 11 is 1.54. The van der Waals surface area contributed by atoms with Gasteiger partial charge in [0.05, 0.1) is 6.54 Å². The molecule has 3 heterocycles. The van der Waals surface area contributed by atoms with E-state index >= 15 is 0 Å². The number of nitrogens with two attached hydrogens (primary N) is 1. The van der Waals surface area contributed by atoms with E-state index < -0.39 is 6.04 Å². The van der Waals surface area contributed by atoms with Gasteiger partial charge in [-0.15, -0.1) is 11.3 Å². The Morgan fingerprint density at radius 1 is 1.23 bits per heavy atom. The maximum Gasteiger partial charge on any atom is 0.325 e. The Morgan fingerprint density at radius 2 is 2.12 bits per heavy atom. The van der Waals surface area contributed by atoms with Crippen molar-refractivity contribution in [3.8, 4) is 0 Å². The first-order chi connectivity index (χ1) is 12.7. The van der Waals surface area contributed by atoms with Gasteiger partial charge in [0.1, 0.15) is 6.04 Å². The van der Waals surface area contributed by atoms with Crippen molar-refractivity contribution in [3.05, 3.63) is 57.9 Å². The third kappa shape index (κ3) is 3.11. The number of rotatable bonds is 6. The van der Waals surface area contributed by atoms with Gasteiger partial charge in [-0.3, -0.25) is 9.69 Å². The fourth-order valence-electron chi connectivity index (χ4n) is 3.37. The van der Waals surface area contributed by atoms with Crippen LogP contribution in [-0.2, 0) is 24.2 Å². The van der Waals surface area contributed by atoms with Crippen LogP contribution in [0.1, 0.15) is 16.0 Å². The molecule has 1 atom stereocenters. The van der Waals surface area contributed by atoms with Crippen LogP contribution in [0.4, 0.5) is 4.79 Å². The van der Waals surface area contributed by atoms with E-state index in [-0.39, 0.29) is 11.9 Å². The first-order valence-electron chi connectivity index (χ1n) is 8.59. The highest BCUT2D eigenvalue weighted by Gasteiger charge is 2.37. The van der Waals surface area contributed by atoms with E-state index in [9.17, 15) is 9.59 Å². The molecule has 0 aliphatic carbocycles. The lowest BCUT2D eigenvalue weighted by atomic mass is 10.0. The number of benzene rings is 1. The summed E-state index contributed by atoms with van der Waals surface area (Å²) in [6.07, 6.45) is 3.26. The number of nitrogens with one attached hydrogen (secondary N) is 2. The number of aromatic nitrogens is 1. The van der Waals surface area contributed by atoms with Crippen LogP contribution in [0.3, 0.4) is 0 Å². The highest BCUT2D eigenvalue weighted by Crippen LogP contribution is 2.23. The second-order valence-electron chi connectivity index (χ2n) is 6.44. The number of imide groups is 1. The summed E-state index contributed by atoms with van der Waals surface area (Å²) in [4.78, 5) is 30.4. The van der Waals surface area contributed by atoms with E-state index in [1.807, 2.05) is 35.8 Å². The van der Waals surface area contributed by atoms with E-state index in [0.29, 0.717) is 19.5 Å². The van der Waals surface area contributed by atoms with Gasteiger partial charge in [-0.1, -0.05) is 12.1 Å². The van der Waals surface area contributed by atoms with Crippen molar-refractivity contribution in [2.24, 2.45) is 5.73 Å². The molecule has 0 saturated carbocycles.